The SMILES string of the molecule is NC(Cc1c(O)ccc(O)c1O)C(=O)O. The third kappa shape index (κ3) is 2.29. The lowest BCUT2D eigenvalue weighted by Crippen LogP contribution is -2.32. The molecule has 0 heterocycles. The second-order valence-corrected chi connectivity index (χ2v) is 3.08. The molecule has 1 atom stereocenters. The molecule has 0 amide bonds. The summed E-state index contributed by atoms with van der Waals surface area (Å²) in [6.07, 6.45) is -0.263. The smallest absolute Gasteiger partial charge is 0.320 e. The zero-order valence-corrected chi connectivity index (χ0v) is 7.71. The Morgan fingerprint density at radius 2 is 1.80 bits per heavy atom. The normalized spacial score (nSPS) is 12.3. The molecule has 0 spiro atoms. The van der Waals surface area contributed by atoms with Gasteiger partial charge in [0.1, 0.15) is 11.8 Å². The van der Waals surface area contributed by atoms with Crippen LogP contribution in [0.2, 0.25) is 0 Å². The topological polar surface area (TPSA) is 124 Å². The zero-order valence-electron chi connectivity index (χ0n) is 7.71. The molecule has 0 fully saturated rings. The summed E-state index contributed by atoms with van der Waals surface area (Å²) in [5, 5.41) is 36.3. The van der Waals surface area contributed by atoms with Crippen LogP contribution in [0, 0.1) is 0 Å². The molecular formula is C9H11NO5. The van der Waals surface area contributed by atoms with Crippen molar-refractivity contribution in [2.24, 2.45) is 5.73 Å². The molecule has 82 valence electrons. The van der Waals surface area contributed by atoms with Crippen LogP contribution in [0.5, 0.6) is 17.2 Å². The van der Waals surface area contributed by atoms with E-state index < -0.39 is 23.5 Å². The Balaban J connectivity index is 3.03. The first kappa shape index (κ1) is 11.1. The number of nitrogens with two attached hydrogens (primary N) is 1. The van der Waals surface area contributed by atoms with Crippen LogP contribution < -0.4 is 5.73 Å². The Kier molecular flexibility index (Phi) is 3.01. The second kappa shape index (κ2) is 4.05. The first-order valence-electron chi connectivity index (χ1n) is 4.14. The number of carbonyl (C=O) groups is 1. The molecule has 6 heteroatoms. The molecule has 0 aliphatic carbocycles. The minimum atomic E-state index is -1.25. The number of aromatic hydroxyl groups is 3. The van der Waals surface area contributed by atoms with E-state index in [1.807, 2.05) is 0 Å². The Labute approximate surface area is 85.2 Å². The fourth-order valence-electron chi connectivity index (χ4n) is 1.12. The Bertz CT molecular complexity index is 390. The van der Waals surface area contributed by atoms with Crippen molar-refractivity contribution >= 4 is 5.97 Å². The maximum Gasteiger partial charge on any atom is 0.320 e. The van der Waals surface area contributed by atoms with Crippen LogP contribution in [0.25, 0.3) is 0 Å². The highest BCUT2D eigenvalue weighted by atomic mass is 16.4. The standard InChI is InChI=1S/C9H11NO5/c10-5(9(14)15)3-4-6(11)1-2-7(12)8(4)13/h1-2,5,11-13H,3,10H2,(H,14,15). The van der Waals surface area contributed by atoms with Gasteiger partial charge in [-0.15, -0.1) is 0 Å². The molecule has 0 saturated heterocycles. The summed E-state index contributed by atoms with van der Waals surface area (Å²) >= 11 is 0. The molecule has 15 heavy (non-hydrogen) atoms. The van der Waals surface area contributed by atoms with Gasteiger partial charge in [-0.3, -0.25) is 4.79 Å². The van der Waals surface area contributed by atoms with Crippen molar-refractivity contribution in [1.82, 2.24) is 0 Å². The van der Waals surface area contributed by atoms with Crippen molar-refractivity contribution in [3.05, 3.63) is 17.7 Å². The van der Waals surface area contributed by atoms with Gasteiger partial charge in [-0.05, 0) is 12.1 Å². The summed E-state index contributed by atoms with van der Waals surface area (Å²) in [4.78, 5) is 10.5. The average molecular weight is 213 g/mol. The Hall–Kier alpha value is -1.95. The van der Waals surface area contributed by atoms with E-state index in [2.05, 4.69) is 0 Å². The highest BCUT2D eigenvalue weighted by molar-refractivity contribution is 5.74. The molecule has 0 bridgehead atoms. The summed E-state index contributed by atoms with van der Waals surface area (Å²) in [6, 6.07) is 1.00. The van der Waals surface area contributed by atoms with Gasteiger partial charge < -0.3 is 26.2 Å². The van der Waals surface area contributed by atoms with E-state index in [-0.39, 0.29) is 17.7 Å². The highest BCUT2D eigenvalue weighted by Crippen LogP contribution is 2.35. The maximum absolute atomic E-state index is 10.5. The number of aliphatic carboxylic acids is 1. The number of hydrogen-bond donors (Lipinski definition) is 5. The van der Waals surface area contributed by atoms with Crippen LogP contribution in [0.15, 0.2) is 12.1 Å². The number of rotatable bonds is 3. The van der Waals surface area contributed by atoms with Gasteiger partial charge in [0.2, 0.25) is 0 Å². The predicted octanol–water partition coefficient (Wildman–Crippen LogP) is -0.242. The number of carboxylic acids is 1. The van der Waals surface area contributed by atoms with Gasteiger partial charge in [-0.2, -0.15) is 0 Å². The first-order chi connectivity index (χ1) is 6.93. The number of hydrogen-bond acceptors (Lipinski definition) is 5. The van der Waals surface area contributed by atoms with Gasteiger partial charge in [0, 0.05) is 12.0 Å². The van der Waals surface area contributed by atoms with E-state index in [4.69, 9.17) is 15.9 Å². The molecule has 1 aromatic carbocycles. The van der Waals surface area contributed by atoms with Gasteiger partial charge in [-0.25, -0.2) is 0 Å². The fraction of sp³-hybridized carbons (Fsp3) is 0.222. The zero-order chi connectivity index (χ0) is 11.6. The Morgan fingerprint density at radius 1 is 1.27 bits per heavy atom. The number of carboxylic acid groups (broad SMARTS) is 1. The molecule has 1 aromatic rings. The average Bonchev–Trinajstić information content (AvgIpc) is 2.18. The lowest BCUT2D eigenvalue weighted by molar-refractivity contribution is -0.138. The summed E-state index contributed by atoms with van der Waals surface area (Å²) in [7, 11) is 0. The molecule has 6 nitrogen and oxygen atoms in total. The fourth-order valence-corrected chi connectivity index (χ4v) is 1.12. The van der Waals surface area contributed by atoms with E-state index in [0.717, 1.165) is 12.1 Å². The minimum absolute atomic E-state index is 0.0788. The molecule has 0 aromatic heterocycles. The monoisotopic (exact) mass is 213 g/mol. The van der Waals surface area contributed by atoms with Crippen LogP contribution in [0.3, 0.4) is 0 Å². The van der Waals surface area contributed by atoms with E-state index in [0.29, 0.717) is 0 Å². The summed E-state index contributed by atoms with van der Waals surface area (Å²) in [5.41, 5.74) is 5.15. The number of benzene rings is 1. The van der Waals surface area contributed by atoms with Crippen molar-refractivity contribution in [2.45, 2.75) is 12.5 Å². The molecule has 1 unspecified atom stereocenters. The van der Waals surface area contributed by atoms with Crippen LogP contribution in [0.1, 0.15) is 5.56 Å². The predicted molar refractivity (Wildman–Crippen MR) is 50.8 cm³/mol. The Morgan fingerprint density at radius 3 is 2.33 bits per heavy atom. The van der Waals surface area contributed by atoms with E-state index in [1.165, 1.54) is 0 Å². The van der Waals surface area contributed by atoms with Crippen molar-refractivity contribution in [1.29, 1.82) is 0 Å². The summed E-state index contributed by atoms with van der Waals surface area (Å²) in [5.74, 6) is -2.54. The van der Waals surface area contributed by atoms with Gasteiger partial charge in [-0.1, -0.05) is 0 Å². The largest absolute Gasteiger partial charge is 0.508 e. The van der Waals surface area contributed by atoms with Gasteiger partial charge in [0.05, 0.1) is 0 Å². The second-order valence-electron chi connectivity index (χ2n) is 3.08. The van der Waals surface area contributed by atoms with Crippen molar-refractivity contribution in [3.8, 4) is 17.2 Å². The third-order valence-corrected chi connectivity index (χ3v) is 1.98. The molecular weight excluding hydrogens is 202 g/mol. The van der Waals surface area contributed by atoms with Crippen molar-refractivity contribution in [2.75, 3.05) is 0 Å². The van der Waals surface area contributed by atoms with Gasteiger partial charge in [0.25, 0.3) is 0 Å². The van der Waals surface area contributed by atoms with Crippen LogP contribution in [0.4, 0.5) is 0 Å². The van der Waals surface area contributed by atoms with Gasteiger partial charge in [0.15, 0.2) is 11.5 Å². The molecule has 1 rings (SSSR count). The van der Waals surface area contributed by atoms with Crippen molar-refractivity contribution in [3.63, 3.8) is 0 Å². The maximum atomic E-state index is 10.5. The lowest BCUT2D eigenvalue weighted by atomic mass is 10.0. The van der Waals surface area contributed by atoms with Crippen molar-refractivity contribution < 1.29 is 25.2 Å². The molecule has 6 N–H and O–H groups in total. The highest BCUT2D eigenvalue weighted by Gasteiger charge is 2.19. The molecule has 0 aliphatic heterocycles. The van der Waals surface area contributed by atoms with Crippen LogP contribution in [-0.4, -0.2) is 32.4 Å². The quantitative estimate of drug-likeness (QED) is 0.348. The third-order valence-electron chi connectivity index (χ3n) is 1.98. The van der Waals surface area contributed by atoms with E-state index in [9.17, 15) is 15.0 Å². The first-order valence-corrected chi connectivity index (χ1v) is 4.14. The van der Waals surface area contributed by atoms with E-state index >= 15 is 0 Å². The summed E-state index contributed by atoms with van der Waals surface area (Å²) < 4.78 is 0. The number of phenolic OH excluding ortho intramolecular Hbond substituents is 3. The van der Waals surface area contributed by atoms with Crippen LogP contribution in [-0.2, 0) is 11.2 Å². The van der Waals surface area contributed by atoms with Crippen LogP contribution >= 0.6 is 0 Å². The summed E-state index contributed by atoms with van der Waals surface area (Å²) in [6.45, 7) is 0. The lowest BCUT2D eigenvalue weighted by Gasteiger charge is -2.10. The van der Waals surface area contributed by atoms with Gasteiger partial charge >= 0.3 is 5.97 Å². The van der Waals surface area contributed by atoms with E-state index in [1.54, 1.807) is 0 Å². The minimum Gasteiger partial charge on any atom is -0.508 e. The molecule has 0 aliphatic rings. The number of phenols is 3. The molecule has 0 radical (unpaired) electrons. The molecule has 0 saturated carbocycles.